The molecule has 26 heavy (non-hydrogen) atoms. The number of para-hydroxylation sites is 1. The van der Waals surface area contributed by atoms with Crippen LogP contribution in [0.2, 0.25) is 0 Å². The molecule has 0 saturated carbocycles. The molecule has 3 rings (SSSR count). The summed E-state index contributed by atoms with van der Waals surface area (Å²) in [5, 5.41) is 6.60. The van der Waals surface area contributed by atoms with Gasteiger partial charge >= 0.3 is 0 Å². The molecule has 0 saturated heterocycles. The summed E-state index contributed by atoms with van der Waals surface area (Å²) in [6, 6.07) is 14.6. The molecule has 1 aromatic heterocycles. The van der Waals surface area contributed by atoms with Gasteiger partial charge in [-0.05, 0) is 52.7 Å². The number of rotatable bonds is 5. The summed E-state index contributed by atoms with van der Waals surface area (Å²) in [7, 11) is 0. The second-order valence-electron chi connectivity index (χ2n) is 5.99. The molecule has 0 fully saturated rings. The molecule has 0 aliphatic heterocycles. The standard InChI is InChI=1S/C20H19BrN2O3/c1-3-18(24)23-15-9-7-13(8-10-15)12(2)22-20(25)17-11-14-5-4-6-16(21)19(14)26-17/h4-12H,3H2,1-2H3,(H,22,25)(H,23,24). The minimum absolute atomic E-state index is 0.0323. The number of carbonyl (C=O) groups excluding carboxylic acids is 2. The Bertz CT molecular complexity index is 947. The maximum atomic E-state index is 12.5. The topological polar surface area (TPSA) is 71.3 Å². The number of hydrogen-bond donors (Lipinski definition) is 2. The predicted octanol–water partition coefficient (Wildman–Crippen LogP) is 5.03. The second-order valence-corrected chi connectivity index (χ2v) is 6.84. The zero-order chi connectivity index (χ0) is 18.7. The van der Waals surface area contributed by atoms with Gasteiger partial charge in [-0.25, -0.2) is 0 Å². The van der Waals surface area contributed by atoms with Gasteiger partial charge in [0, 0.05) is 17.5 Å². The molecule has 134 valence electrons. The van der Waals surface area contributed by atoms with Gasteiger partial charge in [-0.15, -0.1) is 0 Å². The minimum Gasteiger partial charge on any atom is -0.450 e. The molecule has 0 bridgehead atoms. The molecule has 6 heteroatoms. The number of halogens is 1. The maximum Gasteiger partial charge on any atom is 0.287 e. The van der Waals surface area contributed by atoms with Crippen LogP contribution in [-0.4, -0.2) is 11.8 Å². The Hall–Kier alpha value is -2.60. The fourth-order valence-electron chi connectivity index (χ4n) is 2.60. The SMILES string of the molecule is CCC(=O)Nc1ccc(C(C)NC(=O)c2cc3cccc(Br)c3o2)cc1. The normalized spacial score (nSPS) is 12.0. The van der Waals surface area contributed by atoms with Gasteiger partial charge in [-0.3, -0.25) is 9.59 Å². The van der Waals surface area contributed by atoms with Gasteiger partial charge in [0.1, 0.15) is 5.58 Å². The first-order valence-corrected chi connectivity index (χ1v) is 9.16. The van der Waals surface area contributed by atoms with Crippen LogP contribution in [0.15, 0.2) is 57.4 Å². The molecular weight excluding hydrogens is 396 g/mol. The zero-order valence-electron chi connectivity index (χ0n) is 14.5. The molecule has 0 radical (unpaired) electrons. The van der Waals surface area contributed by atoms with Gasteiger partial charge in [-0.1, -0.05) is 31.2 Å². The number of hydrogen-bond acceptors (Lipinski definition) is 3. The molecule has 0 aliphatic rings. The fraction of sp³-hybridized carbons (Fsp3) is 0.200. The van der Waals surface area contributed by atoms with E-state index in [1.807, 2.05) is 49.4 Å². The van der Waals surface area contributed by atoms with Crippen LogP contribution < -0.4 is 10.6 Å². The first kappa shape index (κ1) is 18.2. The number of fused-ring (bicyclic) bond motifs is 1. The number of furan rings is 1. The second kappa shape index (κ2) is 7.74. The lowest BCUT2D eigenvalue weighted by Crippen LogP contribution is -2.26. The van der Waals surface area contributed by atoms with E-state index >= 15 is 0 Å². The number of benzene rings is 2. The highest BCUT2D eigenvalue weighted by atomic mass is 79.9. The number of anilines is 1. The van der Waals surface area contributed by atoms with E-state index in [4.69, 9.17) is 4.42 Å². The third kappa shape index (κ3) is 3.96. The first-order valence-electron chi connectivity index (χ1n) is 8.36. The van der Waals surface area contributed by atoms with E-state index in [1.54, 1.807) is 13.0 Å². The van der Waals surface area contributed by atoms with Crippen LogP contribution in [-0.2, 0) is 4.79 Å². The summed E-state index contributed by atoms with van der Waals surface area (Å²) in [6.07, 6.45) is 0.432. The Morgan fingerprint density at radius 3 is 2.54 bits per heavy atom. The highest BCUT2D eigenvalue weighted by molar-refractivity contribution is 9.10. The highest BCUT2D eigenvalue weighted by Gasteiger charge is 2.16. The predicted molar refractivity (Wildman–Crippen MR) is 105 cm³/mol. The van der Waals surface area contributed by atoms with Gasteiger partial charge in [-0.2, -0.15) is 0 Å². The van der Waals surface area contributed by atoms with Gasteiger partial charge < -0.3 is 15.1 Å². The monoisotopic (exact) mass is 414 g/mol. The van der Waals surface area contributed by atoms with Crippen LogP contribution in [0.3, 0.4) is 0 Å². The van der Waals surface area contributed by atoms with Crippen molar-refractivity contribution in [2.24, 2.45) is 0 Å². The van der Waals surface area contributed by atoms with Gasteiger partial charge in [0.05, 0.1) is 10.5 Å². The molecule has 2 N–H and O–H groups in total. The van der Waals surface area contributed by atoms with Gasteiger partial charge in [0.25, 0.3) is 5.91 Å². The average molecular weight is 415 g/mol. The van der Waals surface area contributed by atoms with Crippen molar-refractivity contribution in [2.75, 3.05) is 5.32 Å². The molecule has 0 aliphatic carbocycles. The van der Waals surface area contributed by atoms with Crippen molar-refractivity contribution in [3.63, 3.8) is 0 Å². The Morgan fingerprint density at radius 1 is 1.15 bits per heavy atom. The molecule has 1 unspecified atom stereocenters. The number of nitrogens with one attached hydrogen (secondary N) is 2. The van der Waals surface area contributed by atoms with Crippen LogP contribution >= 0.6 is 15.9 Å². The average Bonchev–Trinajstić information content (AvgIpc) is 3.08. The summed E-state index contributed by atoms with van der Waals surface area (Å²) < 4.78 is 6.48. The third-order valence-corrected chi connectivity index (χ3v) is 4.71. The van der Waals surface area contributed by atoms with Crippen LogP contribution in [0, 0.1) is 0 Å². The molecule has 3 aromatic rings. The summed E-state index contributed by atoms with van der Waals surface area (Å²) >= 11 is 3.42. The van der Waals surface area contributed by atoms with E-state index in [0.29, 0.717) is 12.0 Å². The van der Waals surface area contributed by atoms with E-state index in [1.165, 1.54) is 0 Å². The molecule has 1 atom stereocenters. The lowest BCUT2D eigenvalue weighted by atomic mass is 10.1. The van der Waals surface area contributed by atoms with E-state index in [-0.39, 0.29) is 23.6 Å². The lowest BCUT2D eigenvalue weighted by Gasteiger charge is -2.14. The molecule has 0 spiro atoms. The molecular formula is C20H19BrN2O3. The summed E-state index contributed by atoms with van der Waals surface area (Å²) in [5.74, 6) is -0.0373. The highest BCUT2D eigenvalue weighted by Crippen LogP contribution is 2.27. The van der Waals surface area contributed by atoms with Crippen molar-refractivity contribution < 1.29 is 14.0 Å². The van der Waals surface area contributed by atoms with Gasteiger partial charge in [0.15, 0.2) is 5.76 Å². The summed E-state index contributed by atoms with van der Waals surface area (Å²) in [6.45, 7) is 3.70. The number of amides is 2. The Kier molecular flexibility index (Phi) is 5.42. The molecule has 1 heterocycles. The summed E-state index contributed by atoms with van der Waals surface area (Å²) in [5.41, 5.74) is 2.33. The largest absolute Gasteiger partial charge is 0.450 e. The van der Waals surface area contributed by atoms with E-state index in [0.717, 1.165) is 21.1 Å². The third-order valence-electron chi connectivity index (χ3n) is 4.08. The molecule has 2 amide bonds. The maximum absolute atomic E-state index is 12.5. The molecule has 5 nitrogen and oxygen atoms in total. The fourth-order valence-corrected chi connectivity index (χ4v) is 3.06. The van der Waals surface area contributed by atoms with E-state index in [9.17, 15) is 9.59 Å². The lowest BCUT2D eigenvalue weighted by molar-refractivity contribution is -0.115. The van der Waals surface area contributed by atoms with Crippen LogP contribution in [0.4, 0.5) is 5.69 Å². The van der Waals surface area contributed by atoms with E-state index in [2.05, 4.69) is 26.6 Å². The minimum atomic E-state index is -0.274. The van der Waals surface area contributed by atoms with Crippen molar-refractivity contribution in [3.8, 4) is 0 Å². The first-order chi connectivity index (χ1) is 12.5. The molecule has 2 aromatic carbocycles. The van der Waals surface area contributed by atoms with Crippen LogP contribution in [0.1, 0.15) is 42.4 Å². The van der Waals surface area contributed by atoms with E-state index < -0.39 is 0 Å². The zero-order valence-corrected chi connectivity index (χ0v) is 16.1. The smallest absolute Gasteiger partial charge is 0.287 e. The van der Waals surface area contributed by atoms with Crippen molar-refractivity contribution in [3.05, 3.63) is 64.3 Å². The Balaban J connectivity index is 1.70. The van der Waals surface area contributed by atoms with Crippen molar-refractivity contribution in [1.29, 1.82) is 0 Å². The van der Waals surface area contributed by atoms with Crippen LogP contribution in [0.5, 0.6) is 0 Å². The quantitative estimate of drug-likeness (QED) is 0.614. The van der Waals surface area contributed by atoms with Crippen molar-refractivity contribution in [2.45, 2.75) is 26.3 Å². The Morgan fingerprint density at radius 2 is 1.88 bits per heavy atom. The van der Waals surface area contributed by atoms with Crippen molar-refractivity contribution in [1.82, 2.24) is 5.32 Å². The number of carbonyl (C=O) groups is 2. The van der Waals surface area contributed by atoms with Crippen molar-refractivity contribution >= 4 is 44.4 Å². The van der Waals surface area contributed by atoms with Crippen LogP contribution in [0.25, 0.3) is 11.0 Å². The Labute approximate surface area is 159 Å². The van der Waals surface area contributed by atoms with Gasteiger partial charge in [0.2, 0.25) is 5.91 Å². The summed E-state index contributed by atoms with van der Waals surface area (Å²) in [4.78, 5) is 23.9.